The topological polar surface area (TPSA) is 84.9 Å². The second kappa shape index (κ2) is 8.95. The average molecular weight is 571 g/mol. The molecule has 1 aliphatic rings. The van der Waals surface area contributed by atoms with Gasteiger partial charge in [-0.1, -0.05) is 15.9 Å². The van der Waals surface area contributed by atoms with Gasteiger partial charge in [-0.05, 0) is 77.6 Å². The maximum Gasteiger partial charge on any atom is 0.335 e. The lowest BCUT2D eigenvalue weighted by atomic mass is 10.1. The molecule has 1 heterocycles. The lowest BCUT2D eigenvalue weighted by Crippen LogP contribution is -2.54. The highest BCUT2D eigenvalue weighted by molar-refractivity contribution is 14.1. The molecule has 150 valence electrons. The van der Waals surface area contributed by atoms with Crippen LogP contribution in [0.15, 0.2) is 46.4 Å². The van der Waals surface area contributed by atoms with E-state index in [1.165, 1.54) is 13.2 Å². The van der Waals surface area contributed by atoms with Crippen LogP contribution in [0, 0.1) is 3.57 Å². The Hall–Kier alpha value is -2.40. The molecule has 2 aromatic rings. The molecule has 7 nitrogen and oxygen atoms in total. The molecule has 1 aliphatic heterocycles. The third-order valence-electron chi connectivity index (χ3n) is 4.04. The van der Waals surface area contributed by atoms with E-state index in [1.807, 2.05) is 6.92 Å². The third-order valence-corrected chi connectivity index (χ3v) is 5.37. The highest BCUT2D eigenvalue weighted by Crippen LogP contribution is 2.35. The number of nitrogens with zero attached hydrogens (tertiary/aromatic N) is 1. The van der Waals surface area contributed by atoms with E-state index in [0.29, 0.717) is 29.4 Å². The first-order valence-corrected chi connectivity index (χ1v) is 10.4. The van der Waals surface area contributed by atoms with Gasteiger partial charge in [0.1, 0.15) is 5.57 Å². The van der Waals surface area contributed by atoms with Crippen molar-refractivity contribution in [3.05, 3.63) is 55.6 Å². The summed E-state index contributed by atoms with van der Waals surface area (Å²) in [5, 5.41) is 2.21. The highest BCUT2D eigenvalue weighted by Gasteiger charge is 2.36. The normalized spacial score (nSPS) is 15.5. The van der Waals surface area contributed by atoms with E-state index in [0.717, 1.165) is 12.9 Å². The summed E-state index contributed by atoms with van der Waals surface area (Å²) in [6, 6.07) is 9.27. The Morgan fingerprint density at radius 3 is 2.48 bits per heavy atom. The highest BCUT2D eigenvalue weighted by atomic mass is 127. The van der Waals surface area contributed by atoms with Gasteiger partial charge in [0.15, 0.2) is 11.5 Å². The molecule has 0 bridgehead atoms. The van der Waals surface area contributed by atoms with Crippen molar-refractivity contribution in [3.63, 3.8) is 0 Å². The Kier molecular flexibility index (Phi) is 6.58. The number of halogens is 2. The predicted octanol–water partition coefficient (Wildman–Crippen LogP) is 4.13. The van der Waals surface area contributed by atoms with Crippen LogP contribution in [0.1, 0.15) is 12.5 Å². The molecule has 0 atom stereocenters. The van der Waals surface area contributed by atoms with E-state index in [2.05, 4.69) is 43.8 Å². The van der Waals surface area contributed by atoms with Gasteiger partial charge in [0.2, 0.25) is 0 Å². The Morgan fingerprint density at radius 2 is 1.86 bits per heavy atom. The van der Waals surface area contributed by atoms with E-state index in [9.17, 15) is 14.4 Å². The summed E-state index contributed by atoms with van der Waals surface area (Å²) >= 11 is 5.40. The maximum atomic E-state index is 13.0. The van der Waals surface area contributed by atoms with Crippen molar-refractivity contribution < 1.29 is 23.9 Å². The summed E-state index contributed by atoms with van der Waals surface area (Å²) in [5.41, 5.74) is 0.765. The SMILES string of the molecule is CCOc1c(I)cc(/C=C2/C(=O)NC(=O)N(c3ccc(Br)cc3)C2=O)cc1OC. The number of hydrogen-bond donors (Lipinski definition) is 1. The van der Waals surface area contributed by atoms with Crippen LogP contribution in [0.3, 0.4) is 0 Å². The number of nitrogens with one attached hydrogen (secondary N) is 1. The summed E-state index contributed by atoms with van der Waals surface area (Å²) in [7, 11) is 1.51. The third kappa shape index (κ3) is 4.45. The molecule has 9 heteroatoms. The second-order valence-electron chi connectivity index (χ2n) is 5.90. The summed E-state index contributed by atoms with van der Waals surface area (Å²) in [5.74, 6) is -0.390. The van der Waals surface area contributed by atoms with Gasteiger partial charge >= 0.3 is 6.03 Å². The molecule has 1 N–H and O–H groups in total. The van der Waals surface area contributed by atoms with Crippen molar-refractivity contribution >= 4 is 68.1 Å². The monoisotopic (exact) mass is 570 g/mol. The van der Waals surface area contributed by atoms with Gasteiger partial charge in [0, 0.05) is 4.47 Å². The van der Waals surface area contributed by atoms with E-state index in [1.54, 1.807) is 36.4 Å². The zero-order chi connectivity index (χ0) is 21.1. The number of anilines is 1. The van der Waals surface area contributed by atoms with Gasteiger partial charge in [0.25, 0.3) is 11.8 Å². The molecular formula is C20H16BrIN2O5. The lowest BCUT2D eigenvalue weighted by molar-refractivity contribution is -0.122. The number of barbiturate groups is 1. The smallest absolute Gasteiger partial charge is 0.335 e. The molecule has 2 aromatic carbocycles. The van der Waals surface area contributed by atoms with Gasteiger partial charge in [-0.2, -0.15) is 0 Å². The summed E-state index contributed by atoms with van der Waals surface area (Å²) in [4.78, 5) is 38.5. The van der Waals surface area contributed by atoms with Crippen molar-refractivity contribution in [2.24, 2.45) is 0 Å². The minimum atomic E-state index is -0.793. The first kappa shape index (κ1) is 21.3. The number of ether oxygens (including phenoxy) is 2. The Balaban J connectivity index is 2.02. The molecule has 3 rings (SSSR count). The molecular weight excluding hydrogens is 555 g/mol. The van der Waals surface area contributed by atoms with Crippen LogP contribution in [0.5, 0.6) is 11.5 Å². The molecule has 0 unspecified atom stereocenters. The Labute approximate surface area is 189 Å². The van der Waals surface area contributed by atoms with E-state index < -0.39 is 17.8 Å². The van der Waals surface area contributed by atoms with Crippen LogP contribution in [0.2, 0.25) is 0 Å². The predicted molar refractivity (Wildman–Crippen MR) is 120 cm³/mol. The number of methoxy groups -OCH3 is 1. The summed E-state index contributed by atoms with van der Waals surface area (Å²) in [6.07, 6.45) is 1.43. The van der Waals surface area contributed by atoms with Gasteiger partial charge in [-0.25, -0.2) is 9.69 Å². The molecule has 1 saturated heterocycles. The quantitative estimate of drug-likeness (QED) is 0.332. The van der Waals surface area contributed by atoms with Crippen LogP contribution >= 0.6 is 38.5 Å². The lowest BCUT2D eigenvalue weighted by Gasteiger charge is -2.26. The van der Waals surface area contributed by atoms with E-state index in [4.69, 9.17) is 9.47 Å². The fourth-order valence-electron chi connectivity index (χ4n) is 2.76. The van der Waals surface area contributed by atoms with Crippen molar-refractivity contribution in [2.45, 2.75) is 6.92 Å². The summed E-state index contributed by atoms with van der Waals surface area (Å²) in [6.45, 7) is 2.34. The molecule has 0 spiro atoms. The second-order valence-corrected chi connectivity index (χ2v) is 7.98. The molecule has 29 heavy (non-hydrogen) atoms. The fourth-order valence-corrected chi connectivity index (χ4v) is 3.80. The number of imide groups is 2. The first-order valence-electron chi connectivity index (χ1n) is 8.53. The number of amides is 4. The van der Waals surface area contributed by atoms with E-state index >= 15 is 0 Å². The molecule has 0 radical (unpaired) electrons. The van der Waals surface area contributed by atoms with Gasteiger partial charge in [0.05, 0.1) is 23.0 Å². The average Bonchev–Trinajstić information content (AvgIpc) is 2.68. The zero-order valence-corrected chi connectivity index (χ0v) is 19.2. The van der Waals surface area contributed by atoms with Crippen molar-refractivity contribution in [1.29, 1.82) is 0 Å². The van der Waals surface area contributed by atoms with Crippen molar-refractivity contribution in [1.82, 2.24) is 5.32 Å². The standard InChI is InChI=1S/C20H16BrIN2O5/c1-3-29-17-15(22)9-11(10-16(17)28-2)8-14-18(25)23-20(27)24(19(14)26)13-6-4-12(21)5-7-13/h4-10H,3H2,1-2H3,(H,23,25,27)/b14-8-. The number of hydrogen-bond acceptors (Lipinski definition) is 5. The van der Waals surface area contributed by atoms with Crippen LogP contribution in [0.25, 0.3) is 6.08 Å². The van der Waals surface area contributed by atoms with Crippen LogP contribution in [0.4, 0.5) is 10.5 Å². The van der Waals surface area contributed by atoms with Crippen molar-refractivity contribution in [3.8, 4) is 11.5 Å². The molecule has 1 fully saturated rings. The van der Waals surface area contributed by atoms with Gasteiger partial charge in [-0.15, -0.1) is 0 Å². The molecule has 0 saturated carbocycles. The van der Waals surface area contributed by atoms with Crippen LogP contribution < -0.4 is 19.7 Å². The Bertz CT molecular complexity index is 1020. The van der Waals surface area contributed by atoms with Gasteiger partial charge in [-0.3, -0.25) is 14.9 Å². The number of rotatable bonds is 5. The molecule has 0 aliphatic carbocycles. The number of urea groups is 1. The molecule has 0 aromatic heterocycles. The minimum absolute atomic E-state index is 0.158. The van der Waals surface area contributed by atoms with Gasteiger partial charge < -0.3 is 9.47 Å². The summed E-state index contributed by atoms with van der Waals surface area (Å²) < 4.78 is 12.5. The Morgan fingerprint density at radius 1 is 1.17 bits per heavy atom. The molecule has 4 amide bonds. The largest absolute Gasteiger partial charge is 0.493 e. The number of benzene rings is 2. The van der Waals surface area contributed by atoms with Crippen LogP contribution in [-0.4, -0.2) is 31.6 Å². The zero-order valence-electron chi connectivity index (χ0n) is 15.5. The number of carbonyl (C=O) groups is 3. The van der Waals surface area contributed by atoms with Crippen LogP contribution in [-0.2, 0) is 9.59 Å². The number of carbonyl (C=O) groups excluding carboxylic acids is 3. The maximum absolute atomic E-state index is 13.0. The fraction of sp³-hybridized carbons (Fsp3) is 0.150. The first-order chi connectivity index (χ1) is 13.8. The minimum Gasteiger partial charge on any atom is -0.493 e. The van der Waals surface area contributed by atoms with Crippen molar-refractivity contribution in [2.75, 3.05) is 18.6 Å². The van der Waals surface area contributed by atoms with E-state index in [-0.39, 0.29) is 5.57 Å².